The molecule has 0 radical (unpaired) electrons. The molecule has 0 bridgehead atoms. The summed E-state index contributed by atoms with van der Waals surface area (Å²) in [5.74, 6) is 1.81. The van der Waals surface area contributed by atoms with Crippen LogP contribution in [0.2, 0.25) is 0 Å². The highest BCUT2D eigenvalue weighted by atomic mass is 14.9. The molecule has 0 saturated heterocycles. The van der Waals surface area contributed by atoms with E-state index in [0.29, 0.717) is 11.8 Å². The average molecular weight is 345 g/mol. The van der Waals surface area contributed by atoms with Gasteiger partial charge in [0.1, 0.15) is 0 Å². The summed E-state index contributed by atoms with van der Waals surface area (Å²) in [4.78, 5) is 9.07. The number of hydrogen-bond donors (Lipinski definition) is 0. The standard InChI is InChI=1S/C24H28N2/c1-6-18-14-25-24(26-15-18)20-9-7-8-19(10-20)23-12-21(16(2)3)11-22(13-23)17(4)5/h7-17H,6H2,1-5H3. The molecule has 0 N–H and O–H groups in total. The maximum atomic E-state index is 4.54. The molecule has 0 fully saturated rings. The minimum absolute atomic E-state index is 0.514. The summed E-state index contributed by atoms with van der Waals surface area (Å²) in [6, 6.07) is 15.5. The highest BCUT2D eigenvalue weighted by molar-refractivity contribution is 5.71. The fourth-order valence-electron chi connectivity index (χ4n) is 3.03. The van der Waals surface area contributed by atoms with Crippen LogP contribution in [0, 0.1) is 0 Å². The van der Waals surface area contributed by atoms with Gasteiger partial charge in [-0.05, 0) is 52.1 Å². The van der Waals surface area contributed by atoms with E-state index in [-0.39, 0.29) is 0 Å². The van der Waals surface area contributed by atoms with Crippen LogP contribution in [0.25, 0.3) is 22.5 Å². The van der Waals surface area contributed by atoms with Gasteiger partial charge in [0.15, 0.2) is 5.82 Å². The molecule has 2 nitrogen and oxygen atoms in total. The van der Waals surface area contributed by atoms with Crippen molar-refractivity contribution in [3.8, 4) is 22.5 Å². The molecule has 3 rings (SSSR count). The second-order valence-electron chi connectivity index (χ2n) is 7.55. The van der Waals surface area contributed by atoms with E-state index in [1.165, 1.54) is 22.3 Å². The molecule has 1 heterocycles. The van der Waals surface area contributed by atoms with Crippen molar-refractivity contribution in [3.05, 3.63) is 71.5 Å². The lowest BCUT2D eigenvalue weighted by molar-refractivity contribution is 0.834. The Kier molecular flexibility index (Phi) is 5.51. The first-order valence-corrected chi connectivity index (χ1v) is 9.54. The first-order valence-electron chi connectivity index (χ1n) is 9.54. The summed E-state index contributed by atoms with van der Waals surface area (Å²) in [5.41, 5.74) is 7.49. The minimum atomic E-state index is 0.514. The first-order chi connectivity index (χ1) is 12.5. The summed E-state index contributed by atoms with van der Waals surface area (Å²) < 4.78 is 0. The van der Waals surface area contributed by atoms with E-state index in [4.69, 9.17) is 0 Å². The van der Waals surface area contributed by atoms with E-state index in [1.807, 2.05) is 12.4 Å². The molecule has 0 saturated carbocycles. The maximum Gasteiger partial charge on any atom is 0.159 e. The zero-order valence-corrected chi connectivity index (χ0v) is 16.5. The molecule has 0 aliphatic rings. The van der Waals surface area contributed by atoms with Crippen LogP contribution in [0.4, 0.5) is 0 Å². The van der Waals surface area contributed by atoms with Crippen molar-refractivity contribution < 1.29 is 0 Å². The van der Waals surface area contributed by atoms with Crippen molar-refractivity contribution in [2.24, 2.45) is 0 Å². The summed E-state index contributed by atoms with van der Waals surface area (Å²) in [6.45, 7) is 11.1. The summed E-state index contributed by atoms with van der Waals surface area (Å²) in [7, 11) is 0. The Morgan fingerprint density at radius 2 is 1.31 bits per heavy atom. The van der Waals surface area contributed by atoms with Gasteiger partial charge >= 0.3 is 0 Å². The molecular formula is C24H28N2. The van der Waals surface area contributed by atoms with E-state index < -0.39 is 0 Å². The molecule has 0 unspecified atom stereocenters. The summed E-state index contributed by atoms with van der Waals surface area (Å²) in [6.07, 6.45) is 4.80. The van der Waals surface area contributed by atoms with Crippen LogP contribution < -0.4 is 0 Å². The Bertz CT molecular complexity index is 851. The van der Waals surface area contributed by atoms with E-state index in [0.717, 1.165) is 23.4 Å². The molecule has 2 heteroatoms. The van der Waals surface area contributed by atoms with Gasteiger partial charge in [-0.2, -0.15) is 0 Å². The number of rotatable bonds is 5. The number of aryl methyl sites for hydroxylation is 1. The second kappa shape index (κ2) is 7.82. The molecule has 2 aromatic carbocycles. The van der Waals surface area contributed by atoms with Crippen LogP contribution >= 0.6 is 0 Å². The Hall–Kier alpha value is -2.48. The van der Waals surface area contributed by atoms with Crippen LogP contribution in [0.3, 0.4) is 0 Å². The van der Waals surface area contributed by atoms with E-state index >= 15 is 0 Å². The third kappa shape index (κ3) is 4.01. The largest absolute Gasteiger partial charge is 0.236 e. The minimum Gasteiger partial charge on any atom is -0.236 e. The van der Waals surface area contributed by atoms with Crippen molar-refractivity contribution in [1.82, 2.24) is 9.97 Å². The van der Waals surface area contributed by atoms with Crippen LogP contribution in [0.15, 0.2) is 54.9 Å². The lowest BCUT2D eigenvalue weighted by atomic mass is 9.90. The quantitative estimate of drug-likeness (QED) is 0.520. The molecular weight excluding hydrogens is 316 g/mol. The first kappa shape index (κ1) is 18.3. The predicted octanol–water partition coefficient (Wildman–Crippen LogP) is 6.62. The molecule has 0 spiro atoms. The van der Waals surface area contributed by atoms with Crippen LogP contribution in [0.1, 0.15) is 63.1 Å². The Morgan fingerprint density at radius 1 is 0.731 bits per heavy atom. The van der Waals surface area contributed by atoms with Gasteiger partial charge in [-0.15, -0.1) is 0 Å². The highest BCUT2D eigenvalue weighted by Gasteiger charge is 2.10. The van der Waals surface area contributed by atoms with Crippen LogP contribution in [-0.4, -0.2) is 9.97 Å². The molecule has 0 aliphatic carbocycles. The van der Waals surface area contributed by atoms with E-state index in [2.05, 4.69) is 87.1 Å². The smallest absolute Gasteiger partial charge is 0.159 e. The number of aromatic nitrogens is 2. The lowest BCUT2D eigenvalue weighted by Gasteiger charge is -2.15. The zero-order chi connectivity index (χ0) is 18.7. The van der Waals surface area contributed by atoms with Crippen molar-refractivity contribution >= 4 is 0 Å². The Labute approximate surface area is 157 Å². The summed E-state index contributed by atoms with van der Waals surface area (Å²) in [5, 5.41) is 0. The van der Waals surface area contributed by atoms with Crippen molar-refractivity contribution in [1.29, 1.82) is 0 Å². The predicted molar refractivity (Wildman–Crippen MR) is 110 cm³/mol. The van der Waals surface area contributed by atoms with Gasteiger partial charge in [-0.3, -0.25) is 0 Å². The Morgan fingerprint density at radius 3 is 1.85 bits per heavy atom. The number of hydrogen-bond acceptors (Lipinski definition) is 2. The molecule has 0 atom stereocenters. The number of nitrogens with zero attached hydrogens (tertiary/aromatic N) is 2. The van der Waals surface area contributed by atoms with Gasteiger partial charge in [-0.25, -0.2) is 9.97 Å². The average Bonchev–Trinajstić information content (AvgIpc) is 2.67. The van der Waals surface area contributed by atoms with E-state index in [9.17, 15) is 0 Å². The van der Waals surface area contributed by atoms with Gasteiger partial charge in [0.05, 0.1) is 0 Å². The SMILES string of the molecule is CCc1cnc(-c2cccc(-c3cc(C(C)C)cc(C(C)C)c3)c2)nc1. The monoisotopic (exact) mass is 344 g/mol. The van der Waals surface area contributed by atoms with Gasteiger partial charge in [0, 0.05) is 18.0 Å². The van der Waals surface area contributed by atoms with Crippen LogP contribution in [-0.2, 0) is 6.42 Å². The maximum absolute atomic E-state index is 4.54. The molecule has 3 aromatic rings. The zero-order valence-electron chi connectivity index (χ0n) is 16.5. The fourth-order valence-corrected chi connectivity index (χ4v) is 3.03. The molecule has 1 aromatic heterocycles. The van der Waals surface area contributed by atoms with Gasteiger partial charge in [-0.1, -0.05) is 71.0 Å². The van der Waals surface area contributed by atoms with Crippen molar-refractivity contribution in [2.75, 3.05) is 0 Å². The molecule has 0 aliphatic heterocycles. The molecule has 134 valence electrons. The van der Waals surface area contributed by atoms with Crippen LogP contribution in [0.5, 0.6) is 0 Å². The van der Waals surface area contributed by atoms with E-state index in [1.54, 1.807) is 0 Å². The van der Waals surface area contributed by atoms with Gasteiger partial charge in [0.25, 0.3) is 0 Å². The summed E-state index contributed by atoms with van der Waals surface area (Å²) >= 11 is 0. The van der Waals surface area contributed by atoms with Gasteiger partial charge in [0.2, 0.25) is 0 Å². The van der Waals surface area contributed by atoms with Crippen molar-refractivity contribution in [3.63, 3.8) is 0 Å². The fraction of sp³-hybridized carbons (Fsp3) is 0.333. The lowest BCUT2D eigenvalue weighted by Crippen LogP contribution is -1.95. The Balaban J connectivity index is 2.04. The number of benzene rings is 2. The third-order valence-electron chi connectivity index (χ3n) is 4.88. The molecule has 0 amide bonds. The normalized spacial score (nSPS) is 11.3. The van der Waals surface area contributed by atoms with Crippen molar-refractivity contribution in [2.45, 2.75) is 52.9 Å². The third-order valence-corrected chi connectivity index (χ3v) is 4.88. The second-order valence-corrected chi connectivity index (χ2v) is 7.55. The highest BCUT2D eigenvalue weighted by Crippen LogP contribution is 2.31. The van der Waals surface area contributed by atoms with Gasteiger partial charge < -0.3 is 0 Å². The topological polar surface area (TPSA) is 25.8 Å². The molecule has 26 heavy (non-hydrogen) atoms.